The number of hydrogen-bond acceptors (Lipinski definition) is 7. The van der Waals surface area contributed by atoms with E-state index in [1.807, 2.05) is 21.1 Å². The molecule has 426 valence electrons. The molecule has 0 aromatic carbocycles. The number of esters is 2. The van der Waals surface area contributed by atoms with Crippen LogP contribution in [0.2, 0.25) is 0 Å². The number of aliphatic carboxylic acids is 1. The van der Waals surface area contributed by atoms with Crippen LogP contribution in [-0.4, -0.2) is 87.4 Å². The predicted octanol–water partition coefficient (Wildman–Crippen LogP) is 17.7. The Morgan fingerprint density at radius 2 is 0.720 bits per heavy atom. The number of rotatable bonds is 53. The van der Waals surface area contributed by atoms with E-state index in [2.05, 4.69) is 135 Å². The first-order chi connectivity index (χ1) is 36.6. The van der Waals surface area contributed by atoms with Crippen LogP contribution in [0.25, 0.3) is 0 Å². The predicted molar refractivity (Wildman–Crippen MR) is 318 cm³/mol. The van der Waals surface area contributed by atoms with E-state index in [1.165, 1.54) is 77.0 Å². The zero-order valence-electron chi connectivity index (χ0n) is 48.4. The van der Waals surface area contributed by atoms with Crippen LogP contribution in [0.4, 0.5) is 0 Å². The SMILES string of the molecule is CC/C=C\C/C=C\C/C=C\C/C=C\C/C=C\C/C=C\CCCCCCC(=O)OC(COC(=O)CCCCCCCCCCCCCCCC/C=C\C/C=C\C/C=C\C/C=C\CC)COC(OCC[N+](C)(C)C)C(=O)O. The van der Waals surface area contributed by atoms with Crippen molar-refractivity contribution in [1.29, 1.82) is 0 Å². The van der Waals surface area contributed by atoms with Gasteiger partial charge < -0.3 is 28.5 Å². The number of carboxylic acids is 1. The summed E-state index contributed by atoms with van der Waals surface area (Å²) in [6, 6.07) is 0. The molecule has 0 spiro atoms. The number of carbonyl (C=O) groups is 3. The van der Waals surface area contributed by atoms with Crippen LogP contribution in [0.3, 0.4) is 0 Å². The molecule has 0 heterocycles. The monoisotopic (exact) mass is 1040 g/mol. The van der Waals surface area contributed by atoms with Crippen LogP contribution in [0, 0.1) is 0 Å². The maximum absolute atomic E-state index is 12.9. The van der Waals surface area contributed by atoms with Gasteiger partial charge in [0.1, 0.15) is 13.2 Å². The summed E-state index contributed by atoms with van der Waals surface area (Å²) >= 11 is 0. The smallest absolute Gasteiger partial charge is 0.361 e. The number of hydrogen-bond donors (Lipinski definition) is 1. The van der Waals surface area contributed by atoms with Crippen molar-refractivity contribution in [3.63, 3.8) is 0 Å². The number of nitrogens with zero attached hydrogens (tertiary/aromatic N) is 1. The van der Waals surface area contributed by atoms with Gasteiger partial charge in [-0.25, -0.2) is 4.79 Å². The zero-order valence-corrected chi connectivity index (χ0v) is 48.4. The van der Waals surface area contributed by atoms with Crippen molar-refractivity contribution in [2.24, 2.45) is 0 Å². The molecule has 0 bridgehead atoms. The normalized spacial score (nSPS) is 13.7. The number of likely N-dealkylation sites (N-methyl/N-ethyl adjacent to an activating group) is 1. The van der Waals surface area contributed by atoms with Crippen molar-refractivity contribution < 1.29 is 42.9 Å². The van der Waals surface area contributed by atoms with Crippen LogP contribution >= 0.6 is 0 Å². The molecule has 0 aromatic rings. The Morgan fingerprint density at radius 1 is 0.400 bits per heavy atom. The Balaban J connectivity index is 4.29. The van der Waals surface area contributed by atoms with E-state index in [0.29, 0.717) is 17.4 Å². The summed E-state index contributed by atoms with van der Waals surface area (Å²) < 4.78 is 22.9. The van der Waals surface area contributed by atoms with Crippen molar-refractivity contribution in [2.75, 3.05) is 47.5 Å². The molecule has 9 heteroatoms. The van der Waals surface area contributed by atoms with Crippen molar-refractivity contribution in [3.8, 4) is 0 Å². The summed E-state index contributed by atoms with van der Waals surface area (Å²) in [6.45, 7) is 4.61. The highest BCUT2D eigenvalue weighted by molar-refractivity contribution is 5.71. The summed E-state index contributed by atoms with van der Waals surface area (Å²) in [5.41, 5.74) is 0. The lowest BCUT2D eigenvalue weighted by molar-refractivity contribution is -0.870. The number of unbranched alkanes of at least 4 members (excludes halogenated alkanes) is 18. The van der Waals surface area contributed by atoms with Crippen LogP contribution in [-0.2, 0) is 33.3 Å². The fourth-order valence-corrected chi connectivity index (χ4v) is 7.71. The van der Waals surface area contributed by atoms with E-state index in [9.17, 15) is 19.5 Å². The van der Waals surface area contributed by atoms with E-state index in [0.717, 1.165) is 109 Å². The van der Waals surface area contributed by atoms with Gasteiger partial charge in [0, 0.05) is 12.8 Å². The maximum atomic E-state index is 12.9. The highest BCUT2D eigenvalue weighted by Crippen LogP contribution is 2.15. The molecule has 0 aromatic heterocycles. The summed E-state index contributed by atoms with van der Waals surface area (Å²) in [6.07, 6.45) is 75.6. The van der Waals surface area contributed by atoms with Crippen LogP contribution in [0.5, 0.6) is 0 Å². The number of allylic oxidation sites excluding steroid dienone is 20. The molecule has 9 nitrogen and oxygen atoms in total. The average molecular weight is 1050 g/mol. The molecule has 75 heavy (non-hydrogen) atoms. The van der Waals surface area contributed by atoms with Gasteiger partial charge in [-0.15, -0.1) is 0 Å². The molecule has 0 saturated heterocycles. The summed E-state index contributed by atoms with van der Waals surface area (Å²) in [7, 11) is 5.95. The topological polar surface area (TPSA) is 108 Å². The number of carbonyl (C=O) groups excluding carboxylic acids is 2. The van der Waals surface area contributed by atoms with Crippen LogP contribution < -0.4 is 0 Å². The van der Waals surface area contributed by atoms with Crippen molar-refractivity contribution in [3.05, 3.63) is 122 Å². The Morgan fingerprint density at radius 3 is 1.07 bits per heavy atom. The van der Waals surface area contributed by atoms with Crippen LogP contribution in [0.15, 0.2) is 122 Å². The molecule has 0 aliphatic heterocycles. The molecule has 2 unspecified atom stereocenters. The molecule has 0 fully saturated rings. The van der Waals surface area contributed by atoms with Gasteiger partial charge in [0.15, 0.2) is 6.10 Å². The molecule has 2 atom stereocenters. The van der Waals surface area contributed by atoms with Crippen molar-refractivity contribution in [1.82, 2.24) is 0 Å². The summed E-state index contributed by atoms with van der Waals surface area (Å²) in [5.74, 6) is -2.05. The number of carboxylic acid groups (broad SMARTS) is 1. The first-order valence-electron chi connectivity index (χ1n) is 29.7. The van der Waals surface area contributed by atoms with Gasteiger partial charge in [-0.3, -0.25) is 9.59 Å². The lowest BCUT2D eigenvalue weighted by atomic mass is 10.0. The fourth-order valence-electron chi connectivity index (χ4n) is 7.71. The molecule has 1 N–H and O–H groups in total. The van der Waals surface area contributed by atoms with Gasteiger partial charge >= 0.3 is 17.9 Å². The van der Waals surface area contributed by atoms with Gasteiger partial charge in [-0.1, -0.05) is 225 Å². The standard InChI is InChI=1S/C66H109NO8/c1-6-8-10-12-14-16-18-20-22-24-26-28-30-31-32-33-35-36-38-40-42-44-46-48-50-52-54-56-63(68)73-60-62(61-74-66(65(70)71)72-59-58-67(3,4)5)75-64(69)57-55-53-51-49-47-45-43-41-39-37-34-29-27-25-23-21-19-17-15-13-11-9-7-2/h8-11,14-17,20-23,26-29,37,39,43,45,62,66H,6-7,12-13,18-19,24-25,30-36,38,40-42,44,46-61H2,1-5H3/p+1/b10-8-,11-9-,16-14-,17-15-,22-20-,23-21-,28-26-,29-27-,39-37-,45-43-. The Bertz CT molecular complexity index is 1640. The average Bonchev–Trinajstić information content (AvgIpc) is 3.38. The molecule has 0 amide bonds. The second-order valence-corrected chi connectivity index (χ2v) is 20.5. The minimum atomic E-state index is -1.53. The third kappa shape index (κ3) is 57.2. The summed E-state index contributed by atoms with van der Waals surface area (Å²) in [4.78, 5) is 37.5. The van der Waals surface area contributed by atoms with Gasteiger partial charge in [0.05, 0.1) is 34.4 Å². The molecular formula is C66H110NO8+. The maximum Gasteiger partial charge on any atom is 0.361 e. The van der Waals surface area contributed by atoms with E-state index < -0.39 is 24.3 Å². The first-order valence-corrected chi connectivity index (χ1v) is 29.7. The quantitative estimate of drug-likeness (QED) is 0.0211. The molecule has 0 rings (SSSR count). The lowest BCUT2D eigenvalue weighted by Crippen LogP contribution is -2.40. The van der Waals surface area contributed by atoms with E-state index in [-0.39, 0.29) is 38.6 Å². The molecule has 0 radical (unpaired) electrons. The van der Waals surface area contributed by atoms with Crippen molar-refractivity contribution >= 4 is 17.9 Å². The fraction of sp³-hybridized carbons (Fsp3) is 0.652. The zero-order chi connectivity index (χ0) is 54.8. The van der Waals surface area contributed by atoms with E-state index in [4.69, 9.17) is 18.9 Å². The number of quaternary nitrogens is 1. The molecule has 0 aliphatic rings. The first kappa shape index (κ1) is 70.7. The number of ether oxygens (including phenoxy) is 4. The Kier molecular flexibility index (Phi) is 52.7. The summed E-state index contributed by atoms with van der Waals surface area (Å²) in [5, 5.41) is 9.71. The third-order valence-electron chi connectivity index (χ3n) is 12.2. The second kappa shape index (κ2) is 55.9. The minimum Gasteiger partial charge on any atom is -0.477 e. The van der Waals surface area contributed by atoms with Gasteiger partial charge in [0.25, 0.3) is 6.29 Å². The second-order valence-electron chi connectivity index (χ2n) is 20.5. The van der Waals surface area contributed by atoms with Crippen LogP contribution in [0.1, 0.15) is 219 Å². The Labute approximate surface area is 459 Å². The molecule has 0 aliphatic carbocycles. The molecular weight excluding hydrogens is 935 g/mol. The molecule has 0 saturated carbocycles. The third-order valence-corrected chi connectivity index (χ3v) is 12.2. The minimum absolute atomic E-state index is 0.176. The van der Waals surface area contributed by atoms with Gasteiger partial charge in [-0.05, 0) is 103 Å². The Hall–Kier alpha value is -4.31. The highest BCUT2D eigenvalue weighted by Gasteiger charge is 2.25. The van der Waals surface area contributed by atoms with Gasteiger partial charge in [-0.2, -0.15) is 0 Å². The largest absolute Gasteiger partial charge is 0.477 e. The van der Waals surface area contributed by atoms with Crippen molar-refractivity contribution in [2.45, 2.75) is 232 Å². The highest BCUT2D eigenvalue weighted by atomic mass is 16.7. The lowest BCUT2D eigenvalue weighted by Gasteiger charge is -2.25. The van der Waals surface area contributed by atoms with E-state index >= 15 is 0 Å². The van der Waals surface area contributed by atoms with Gasteiger partial charge in [0.2, 0.25) is 0 Å². The van der Waals surface area contributed by atoms with E-state index in [1.54, 1.807) is 0 Å².